The fourth-order valence-electron chi connectivity index (χ4n) is 4.08. The highest BCUT2D eigenvalue weighted by Gasteiger charge is 2.30. The number of anilines is 1. The van der Waals surface area contributed by atoms with E-state index >= 15 is 0 Å². The van der Waals surface area contributed by atoms with Gasteiger partial charge in [0.1, 0.15) is 5.69 Å². The molecule has 26 heavy (non-hydrogen) atoms. The lowest BCUT2D eigenvalue weighted by atomic mass is 9.91. The van der Waals surface area contributed by atoms with Gasteiger partial charge in [-0.25, -0.2) is 0 Å². The normalized spacial score (nSPS) is 25.7. The number of piperidine rings is 1. The first kappa shape index (κ1) is 20.5. The van der Waals surface area contributed by atoms with Crippen molar-refractivity contribution in [1.29, 1.82) is 0 Å². The predicted molar refractivity (Wildman–Crippen MR) is 104 cm³/mol. The van der Waals surface area contributed by atoms with E-state index in [-0.39, 0.29) is 35.0 Å². The van der Waals surface area contributed by atoms with Gasteiger partial charge in [0, 0.05) is 43.9 Å². The van der Waals surface area contributed by atoms with E-state index in [0.29, 0.717) is 36.2 Å². The number of nitrogens with two attached hydrogens (primary N) is 1. The number of carbonyl (C=O) groups is 1. The standard InChI is InChI=1S/C18H26N4O3.ClH/c1-12-7-13(2)10-21(9-12)16-4-3-14(8-17(16)22(24)25)18(23)20-6-5-15(19)11-20;/h3-4,8,12-13,15H,5-7,9-11,19H2,1-2H3;1H/t12?,13?,15-;/m1./s1. The third-order valence-electron chi connectivity index (χ3n) is 5.14. The van der Waals surface area contributed by atoms with Crippen molar-refractivity contribution in [2.24, 2.45) is 17.6 Å². The zero-order valence-electron chi connectivity index (χ0n) is 15.3. The molecule has 0 bridgehead atoms. The second-order valence-electron chi connectivity index (χ2n) is 7.61. The van der Waals surface area contributed by atoms with Crippen molar-refractivity contribution in [2.45, 2.75) is 32.7 Å². The number of nitro groups is 1. The second kappa shape index (κ2) is 8.22. The quantitative estimate of drug-likeness (QED) is 0.640. The van der Waals surface area contributed by atoms with Crippen molar-refractivity contribution in [3.05, 3.63) is 33.9 Å². The maximum atomic E-state index is 12.6. The highest BCUT2D eigenvalue weighted by molar-refractivity contribution is 5.96. The summed E-state index contributed by atoms with van der Waals surface area (Å²) < 4.78 is 0. The first-order valence-corrected chi connectivity index (χ1v) is 8.93. The third-order valence-corrected chi connectivity index (χ3v) is 5.14. The van der Waals surface area contributed by atoms with Gasteiger partial charge in [0.25, 0.3) is 11.6 Å². The van der Waals surface area contributed by atoms with E-state index in [2.05, 4.69) is 18.7 Å². The summed E-state index contributed by atoms with van der Waals surface area (Å²) in [4.78, 5) is 27.6. The van der Waals surface area contributed by atoms with E-state index in [1.54, 1.807) is 17.0 Å². The van der Waals surface area contributed by atoms with Crippen molar-refractivity contribution < 1.29 is 9.72 Å². The monoisotopic (exact) mass is 382 g/mol. The zero-order chi connectivity index (χ0) is 18.1. The molecule has 1 aromatic carbocycles. The Morgan fingerprint density at radius 3 is 2.42 bits per heavy atom. The zero-order valence-corrected chi connectivity index (χ0v) is 16.1. The van der Waals surface area contributed by atoms with Crippen LogP contribution in [0.3, 0.4) is 0 Å². The molecule has 3 atom stereocenters. The molecule has 7 nitrogen and oxygen atoms in total. The molecule has 2 fully saturated rings. The van der Waals surface area contributed by atoms with Gasteiger partial charge in [-0.15, -0.1) is 12.4 Å². The number of amides is 1. The van der Waals surface area contributed by atoms with Crippen molar-refractivity contribution in [1.82, 2.24) is 4.90 Å². The van der Waals surface area contributed by atoms with Gasteiger partial charge < -0.3 is 15.5 Å². The molecule has 2 saturated heterocycles. The average Bonchev–Trinajstić information content (AvgIpc) is 2.99. The van der Waals surface area contributed by atoms with E-state index in [1.807, 2.05) is 0 Å². The smallest absolute Gasteiger partial charge is 0.293 e. The number of carbonyl (C=O) groups excluding carboxylic acids is 1. The van der Waals surface area contributed by atoms with Crippen LogP contribution in [0.4, 0.5) is 11.4 Å². The summed E-state index contributed by atoms with van der Waals surface area (Å²) in [5, 5.41) is 11.6. The van der Waals surface area contributed by atoms with Crippen LogP contribution in [0.2, 0.25) is 0 Å². The molecule has 0 radical (unpaired) electrons. The molecule has 2 N–H and O–H groups in total. The Kier molecular flexibility index (Phi) is 6.47. The van der Waals surface area contributed by atoms with E-state index in [0.717, 1.165) is 25.9 Å². The van der Waals surface area contributed by atoms with Crippen LogP contribution in [0.5, 0.6) is 0 Å². The number of nitrogens with zero attached hydrogens (tertiary/aromatic N) is 3. The molecule has 0 spiro atoms. The molecular weight excluding hydrogens is 356 g/mol. The summed E-state index contributed by atoms with van der Waals surface area (Å²) in [5.41, 5.74) is 6.84. The van der Waals surface area contributed by atoms with E-state index in [9.17, 15) is 14.9 Å². The maximum absolute atomic E-state index is 12.6. The topological polar surface area (TPSA) is 92.7 Å². The molecule has 2 aliphatic rings. The largest absolute Gasteiger partial charge is 0.365 e. The first-order valence-electron chi connectivity index (χ1n) is 8.93. The Morgan fingerprint density at radius 1 is 1.23 bits per heavy atom. The Bertz CT molecular complexity index is 674. The average molecular weight is 383 g/mol. The third kappa shape index (κ3) is 4.27. The number of likely N-dealkylation sites (tertiary alicyclic amines) is 1. The second-order valence-corrected chi connectivity index (χ2v) is 7.61. The summed E-state index contributed by atoms with van der Waals surface area (Å²) in [7, 11) is 0. The van der Waals surface area contributed by atoms with Gasteiger partial charge in [0.05, 0.1) is 4.92 Å². The van der Waals surface area contributed by atoms with Crippen LogP contribution >= 0.6 is 12.4 Å². The van der Waals surface area contributed by atoms with Gasteiger partial charge in [-0.05, 0) is 36.8 Å². The van der Waals surface area contributed by atoms with Crippen molar-refractivity contribution in [2.75, 3.05) is 31.1 Å². The van der Waals surface area contributed by atoms with Gasteiger partial charge in [-0.2, -0.15) is 0 Å². The van der Waals surface area contributed by atoms with Gasteiger partial charge in [-0.3, -0.25) is 14.9 Å². The fraction of sp³-hybridized carbons (Fsp3) is 0.611. The van der Waals surface area contributed by atoms with Gasteiger partial charge in [-0.1, -0.05) is 13.8 Å². The van der Waals surface area contributed by atoms with Crippen LogP contribution in [0.25, 0.3) is 0 Å². The lowest BCUT2D eigenvalue weighted by Gasteiger charge is -2.36. The molecule has 1 aromatic rings. The van der Waals surface area contributed by atoms with Crippen LogP contribution in [0.1, 0.15) is 37.0 Å². The van der Waals surface area contributed by atoms with Crippen LogP contribution < -0.4 is 10.6 Å². The predicted octanol–water partition coefficient (Wildman–Crippen LogP) is 2.67. The fourth-order valence-corrected chi connectivity index (χ4v) is 4.08. The van der Waals surface area contributed by atoms with Crippen LogP contribution in [-0.4, -0.2) is 48.0 Å². The summed E-state index contributed by atoms with van der Waals surface area (Å²) in [6, 6.07) is 4.85. The number of benzene rings is 1. The molecule has 0 aromatic heterocycles. The molecule has 0 aliphatic carbocycles. The number of rotatable bonds is 3. The van der Waals surface area contributed by atoms with Gasteiger partial charge in [0.2, 0.25) is 0 Å². The number of nitro benzene ring substituents is 1. The van der Waals surface area contributed by atoms with E-state index in [1.165, 1.54) is 6.07 Å². The molecular formula is C18H27ClN4O3. The van der Waals surface area contributed by atoms with Crippen molar-refractivity contribution >= 4 is 29.7 Å². The molecule has 2 heterocycles. The molecule has 2 aliphatic heterocycles. The number of halogens is 1. The summed E-state index contributed by atoms with van der Waals surface area (Å²) >= 11 is 0. The lowest BCUT2D eigenvalue weighted by Crippen LogP contribution is -2.39. The van der Waals surface area contributed by atoms with E-state index in [4.69, 9.17) is 5.73 Å². The lowest BCUT2D eigenvalue weighted by molar-refractivity contribution is -0.384. The number of hydrogen-bond donors (Lipinski definition) is 1. The summed E-state index contributed by atoms with van der Waals surface area (Å²) in [6.07, 6.45) is 1.91. The highest BCUT2D eigenvalue weighted by Crippen LogP contribution is 2.34. The Labute approximate surface area is 160 Å². The Morgan fingerprint density at radius 2 is 1.88 bits per heavy atom. The molecule has 0 saturated carbocycles. The minimum Gasteiger partial charge on any atom is -0.365 e. The molecule has 1 amide bonds. The minimum absolute atomic E-state index is 0. The Balaban J connectivity index is 0.00000243. The van der Waals surface area contributed by atoms with Crippen molar-refractivity contribution in [3.8, 4) is 0 Å². The van der Waals surface area contributed by atoms with Crippen LogP contribution in [-0.2, 0) is 0 Å². The SMILES string of the molecule is CC1CC(C)CN(c2ccc(C(=O)N3CC[C@@H](N)C3)cc2[N+](=O)[O-])C1.Cl. The molecule has 8 heteroatoms. The Hall–Kier alpha value is -1.86. The first-order chi connectivity index (χ1) is 11.8. The molecule has 2 unspecified atom stereocenters. The summed E-state index contributed by atoms with van der Waals surface area (Å²) in [5.74, 6) is 0.814. The molecule has 3 rings (SSSR count). The summed E-state index contributed by atoms with van der Waals surface area (Å²) in [6.45, 7) is 7.07. The van der Waals surface area contributed by atoms with E-state index < -0.39 is 0 Å². The van der Waals surface area contributed by atoms with Crippen LogP contribution in [0, 0.1) is 22.0 Å². The van der Waals surface area contributed by atoms with Crippen molar-refractivity contribution in [3.63, 3.8) is 0 Å². The number of hydrogen-bond acceptors (Lipinski definition) is 5. The maximum Gasteiger partial charge on any atom is 0.293 e. The van der Waals surface area contributed by atoms with Gasteiger partial charge >= 0.3 is 0 Å². The van der Waals surface area contributed by atoms with Crippen LogP contribution in [0.15, 0.2) is 18.2 Å². The van der Waals surface area contributed by atoms with Gasteiger partial charge in [0.15, 0.2) is 0 Å². The highest BCUT2D eigenvalue weighted by atomic mass is 35.5. The molecule has 144 valence electrons. The minimum atomic E-state index is -0.383.